The Hall–Kier alpha value is -4.17. The number of hydrogen-bond acceptors (Lipinski definition) is 4. The van der Waals surface area contributed by atoms with E-state index in [1.165, 1.54) is 0 Å². The van der Waals surface area contributed by atoms with Crippen molar-refractivity contribution >= 4 is 17.8 Å². The topological polar surface area (TPSA) is 117 Å². The van der Waals surface area contributed by atoms with E-state index in [0.29, 0.717) is 19.5 Å². The summed E-state index contributed by atoms with van der Waals surface area (Å²) in [7, 11) is 1.59. The molecule has 1 unspecified atom stereocenters. The van der Waals surface area contributed by atoms with E-state index in [-0.39, 0.29) is 23.9 Å². The number of amides is 4. The van der Waals surface area contributed by atoms with Gasteiger partial charge in [-0.3, -0.25) is 9.59 Å². The van der Waals surface area contributed by atoms with Crippen molar-refractivity contribution in [1.29, 1.82) is 0 Å². The Kier molecular flexibility index (Phi) is 8.35. The standard InChI is InChI=1S/C31H37N5O3/c1-20(34-30(39)33-4)25-11-7-8-12-26(25)22-15-13-21(14-16-22)18-36-19-24-10-6-5-9-23(24)17-27(28(36)37)35-29(38)31(2,3)32/h5-16,20,27H,17-19,32H2,1-4H3,(H,35,38)(H2,33,34,39)/t20?,27-/m1/s1. The molecule has 0 fully saturated rings. The zero-order valence-electron chi connectivity index (χ0n) is 23.0. The Morgan fingerprint density at radius 1 is 1.00 bits per heavy atom. The Morgan fingerprint density at radius 2 is 1.64 bits per heavy atom. The Labute approximate surface area is 230 Å². The van der Waals surface area contributed by atoms with Crippen LogP contribution in [-0.4, -0.2) is 41.4 Å². The molecule has 204 valence electrons. The second-order valence-corrected chi connectivity index (χ2v) is 10.6. The lowest BCUT2D eigenvalue weighted by Crippen LogP contribution is -2.56. The molecule has 5 N–H and O–H groups in total. The number of nitrogens with two attached hydrogens (primary N) is 1. The van der Waals surface area contributed by atoms with E-state index < -0.39 is 11.6 Å². The van der Waals surface area contributed by atoms with Crippen LogP contribution in [0.1, 0.15) is 49.1 Å². The molecular weight excluding hydrogens is 490 g/mol. The van der Waals surface area contributed by atoms with Crippen molar-refractivity contribution in [2.75, 3.05) is 7.05 Å². The number of hydrogen-bond donors (Lipinski definition) is 4. The van der Waals surface area contributed by atoms with Crippen molar-refractivity contribution in [3.8, 4) is 11.1 Å². The van der Waals surface area contributed by atoms with Gasteiger partial charge in [0.2, 0.25) is 11.8 Å². The normalized spacial score (nSPS) is 16.1. The summed E-state index contributed by atoms with van der Waals surface area (Å²) in [5.74, 6) is -0.490. The number of rotatable bonds is 7. The van der Waals surface area contributed by atoms with Crippen LogP contribution in [0.25, 0.3) is 11.1 Å². The molecular formula is C31H37N5O3. The molecule has 0 aliphatic carbocycles. The van der Waals surface area contributed by atoms with Gasteiger partial charge in [0.1, 0.15) is 6.04 Å². The quantitative estimate of drug-likeness (QED) is 0.375. The van der Waals surface area contributed by atoms with E-state index in [4.69, 9.17) is 5.73 Å². The van der Waals surface area contributed by atoms with Crippen molar-refractivity contribution < 1.29 is 14.4 Å². The van der Waals surface area contributed by atoms with Gasteiger partial charge in [0.15, 0.2) is 0 Å². The number of urea groups is 1. The first-order valence-electron chi connectivity index (χ1n) is 13.2. The van der Waals surface area contributed by atoms with Gasteiger partial charge in [0.05, 0.1) is 11.6 Å². The molecule has 1 aliphatic rings. The minimum absolute atomic E-state index is 0.132. The maximum Gasteiger partial charge on any atom is 0.315 e. The first-order valence-corrected chi connectivity index (χ1v) is 13.2. The lowest BCUT2D eigenvalue weighted by Gasteiger charge is -2.27. The van der Waals surface area contributed by atoms with Crippen molar-refractivity contribution in [3.05, 3.63) is 95.1 Å². The Balaban J connectivity index is 1.57. The van der Waals surface area contributed by atoms with Gasteiger partial charge in [-0.2, -0.15) is 0 Å². The van der Waals surface area contributed by atoms with Gasteiger partial charge in [-0.25, -0.2) is 4.79 Å². The van der Waals surface area contributed by atoms with Crippen LogP contribution >= 0.6 is 0 Å². The highest BCUT2D eigenvalue weighted by molar-refractivity contribution is 5.92. The fourth-order valence-corrected chi connectivity index (χ4v) is 4.81. The predicted octanol–water partition coefficient (Wildman–Crippen LogP) is 3.65. The van der Waals surface area contributed by atoms with E-state index in [9.17, 15) is 14.4 Å². The van der Waals surface area contributed by atoms with E-state index in [1.54, 1.807) is 25.8 Å². The molecule has 0 saturated heterocycles. The average Bonchev–Trinajstić information content (AvgIpc) is 3.04. The molecule has 8 heteroatoms. The number of carbonyl (C=O) groups is 3. The van der Waals surface area contributed by atoms with Crippen LogP contribution in [-0.2, 0) is 29.1 Å². The van der Waals surface area contributed by atoms with Gasteiger partial charge in [0, 0.05) is 26.6 Å². The summed E-state index contributed by atoms with van der Waals surface area (Å²) < 4.78 is 0. The number of benzene rings is 3. The molecule has 0 aromatic heterocycles. The third-order valence-electron chi connectivity index (χ3n) is 7.04. The summed E-state index contributed by atoms with van der Waals surface area (Å²) in [5, 5.41) is 8.41. The highest BCUT2D eigenvalue weighted by atomic mass is 16.2. The van der Waals surface area contributed by atoms with Crippen molar-refractivity contribution in [2.45, 2.75) is 57.9 Å². The zero-order valence-corrected chi connectivity index (χ0v) is 23.0. The first kappa shape index (κ1) is 27.9. The molecule has 0 saturated carbocycles. The summed E-state index contributed by atoms with van der Waals surface area (Å²) in [6.07, 6.45) is 0.422. The Bertz CT molecular complexity index is 1350. The van der Waals surface area contributed by atoms with Crippen molar-refractivity contribution in [2.24, 2.45) is 5.73 Å². The summed E-state index contributed by atoms with van der Waals surface area (Å²) in [5.41, 5.74) is 11.0. The molecule has 4 rings (SSSR count). The van der Waals surface area contributed by atoms with Crippen LogP contribution in [0.5, 0.6) is 0 Å². The number of fused-ring (bicyclic) bond motifs is 1. The summed E-state index contributed by atoms with van der Waals surface area (Å²) >= 11 is 0. The van der Waals surface area contributed by atoms with Crippen LogP contribution in [0.15, 0.2) is 72.8 Å². The Morgan fingerprint density at radius 3 is 2.31 bits per heavy atom. The number of nitrogens with one attached hydrogen (secondary N) is 3. The van der Waals surface area contributed by atoms with Crippen LogP contribution in [0, 0.1) is 0 Å². The van der Waals surface area contributed by atoms with Crippen molar-refractivity contribution in [1.82, 2.24) is 20.9 Å². The molecule has 39 heavy (non-hydrogen) atoms. The molecule has 1 heterocycles. The summed E-state index contributed by atoms with van der Waals surface area (Å²) in [4.78, 5) is 39.9. The van der Waals surface area contributed by atoms with Gasteiger partial charge >= 0.3 is 6.03 Å². The smallest absolute Gasteiger partial charge is 0.315 e. The maximum atomic E-state index is 13.6. The number of carbonyl (C=O) groups excluding carboxylic acids is 3. The number of nitrogens with zero attached hydrogens (tertiary/aromatic N) is 1. The SMILES string of the molecule is CNC(=O)NC(C)c1ccccc1-c1ccc(CN2Cc3ccccc3C[C@@H](NC(=O)C(C)(C)N)C2=O)cc1. The van der Waals surface area contributed by atoms with E-state index in [2.05, 4.69) is 16.0 Å². The molecule has 0 radical (unpaired) electrons. The van der Waals surface area contributed by atoms with Crippen molar-refractivity contribution in [3.63, 3.8) is 0 Å². The molecule has 8 nitrogen and oxygen atoms in total. The molecule has 3 aromatic rings. The highest BCUT2D eigenvalue weighted by Gasteiger charge is 2.33. The van der Waals surface area contributed by atoms with E-state index in [1.807, 2.05) is 79.7 Å². The van der Waals surface area contributed by atoms with E-state index in [0.717, 1.165) is 33.4 Å². The fraction of sp³-hybridized carbons (Fsp3) is 0.323. The molecule has 3 aromatic carbocycles. The molecule has 2 atom stereocenters. The summed E-state index contributed by atoms with van der Waals surface area (Å²) in [6.45, 7) is 6.07. The monoisotopic (exact) mass is 527 g/mol. The third kappa shape index (κ3) is 6.64. The minimum Gasteiger partial charge on any atom is -0.342 e. The average molecular weight is 528 g/mol. The zero-order chi connectivity index (χ0) is 28.2. The van der Waals surface area contributed by atoms with Gasteiger partial charge in [-0.1, -0.05) is 72.8 Å². The van der Waals surface area contributed by atoms with E-state index >= 15 is 0 Å². The highest BCUT2D eigenvalue weighted by Crippen LogP contribution is 2.29. The second kappa shape index (κ2) is 11.7. The van der Waals surface area contributed by atoms with Gasteiger partial charge in [-0.05, 0) is 54.2 Å². The molecule has 0 bridgehead atoms. The van der Waals surface area contributed by atoms with Crippen LogP contribution in [0.2, 0.25) is 0 Å². The largest absolute Gasteiger partial charge is 0.342 e. The fourth-order valence-electron chi connectivity index (χ4n) is 4.81. The molecule has 4 amide bonds. The second-order valence-electron chi connectivity index (χ2n) is 10.6. The maximum absolute atomic E-state index is 13.6. The van der Waals surface area contributed by atoms with Gasteiger partial charge in [0.25, 0.3) is 0 Å². The molecule has 1 aliphatic heterocycles. The first-order chi connectivity index (χ1) is 18.6. The van der Waals surface area contributed by atoms with Crippen LogP contribution in [0.4, 0.5) is 4.79 Å². The van der Waals surface area contributed by atoms with Gasteiger partial charge < -0.3 is 26.6 Å². The summed E-state index contributed by atoms with van der Waals surface area (Å²) in [6, 6.07) is 22.9. The molecule has 0 spiro atoms. The van der Waals surface area contributed by atoms with Gasteiger partial charge in [-0.15, -0.1) is 0 Å². The minimum atomic E-state index is -1.09. The van der Waals surface area contributed by atoms with Crippen LogP contribution < -0.4 is 21.7 Å². The lowest BCUT2D eigenvalue weighted by atomic mass is 9.95. The third-order valence-corrected chi connectivity index (χ3v) is 7.04. The lowest BCUT2D eigenvalue weighted by molar-refractivity contribution is -0.138. The predicted molar refractivity (Wildman–Crippen MR) is 152 cm³/mol. The van der Waals surface area contributed by atoms with Crippen LogP contribution in [0.3, 0.4) is 0 Å².